The van der Waals surface area contributed by atoms with Crippen molar-refractivity contribution < 1.29 is 19.1 Å². The number of hydrogen-bond acceptors (Lipinski definition) is 6. The van der Waals surface area contributed by atoms with E-state index in [1.54, 1.807) is 33.3 Å². The molecule has 1 saturated heterocycles. The van der Waals surface area contributed by atoms with Gasteiger partial charge in [-0.1, -0.05) is 0 Å². The number of likely N-dealkylation sites (tertiary alicyclic amines) is 1. The Morgan fingerprint density at radius 1 is 1.21 bits per heavy atom. The van der Waals surface area contributed by atoms with Crippen LogP contribution in [0.1, 0.15) is 20.8 Å². The van der Waals surface area contributed by atoms with E-state index in [1.165, 1.54) is 23.5 Å². The molecule has 1 aliphatic rings. The van der Waals surface area contributed by atoms with Crippen LogP contribution >= 0.6 is 23.5 Å². The molecule has 0 N–H and O–H groups in total. The van der Waals surface area contributed by atoms with Crippen molar-refractivity contribution >= 4 is 41.3 Å². The largest absolute Gasteiger partial charge is 0.443 e. The number of nitrogens with zero attached hydrogens (tertiary/aromatic N) is 1. The number of carbonyl (C=O) groups excluding carboxylic acids is 3. The van der Waals surface area contributed by atoms with Crippen LogP contribution in [0.2, 0.25) is 0 Å². The minimum absolute atomic E-state index is 0.0888. The van der Waals surface area contributed by atoms with Gasteiger partial charge in [0, 0.05) is 0 Å². The van der Waals surface area contributed by atoms with Crippen LogP contribution in [0, 0.1) is 0 Å². The highest BCUT2D eigenvalue weighted by Gasteiger charge is 2.41. The molecule has 0 aliphatic carbocycles. The number of ether oxygens (including phenoxy) is 1. The van der Waals surface area contributed by atoms with E-state index in [9.17, 15) is 14.4 Å². The first-order valence-corrected chi connectivity index (χ1v) is 8.06. The maximum absolute atomic E-state index is 12.1. The van der Waals surface area contributed by atoms with Gasteiger partial charge in [-0.15, -0.1) is 23.5 Å². The molecule has 0 aromatic rings. The summed E-state index contributed by atoms with van der Waals surface area (Å²) in [7, 11) is 0. The summed E-state index contributed by atoms with van der Waals surface area (Å²) < 4.78 is 5.74. The minimum Gasteiger partial charge on any atom is -0.443 e. The molecule has 19 heavy (non-hydrogen) atoms. The average molecular weight is 303 g/mol. The molecule has 0 atom stereocenters. The van der Waals surface area contributed by atoms with Gasteiger partial charge in [0.05, 0.1) is 10.8 Å². The Morgan fingerprint density at radius 3 is 2.16 bits per heavy atom. The van der Waals surface area contributed by atoms with Gasteiger partial charge in [-0.3, -0.25) is 9.59 Å². The van der Waals surface area contributed by atoms with Crippen LogP contribution in [0.3, 0.4) is 0 Å². The molecule has 1 heterocycles. The van der Waals surface area contributed by atoms with Gasteiger partial charge < -0.3 is 4.74 Å². The van der Waals surface area contributed by atoms with Gasteiger partial charge in [-0.05, 0) is 33.3 Å². The lowest BCUT2D eigenvalue weighted by Crippen LogP contribution is -2.38. The predicted octanol–water partition coefficient (Wildman–Crippen LogP) is 2.27. The van der Waals surface area contributed by atoms with E-state index in [-0.39, 0.29) is 17.9 Å². The number of ketones is 1. The molecule has 1 aliphatic heterocycles. The van der Waals surface area contributed by atoms with Gasteiger partial charge in [-0.25, -0.2) is 9.69 Å². The smallest absolute Gasteiger partial charge is 0.417 e. The van der Waals surface area contributed by atoms with Crippen LogP contribution in [-0.2, 0) is 14.3 Å². The maximum Gasteiger partial charge on any atom is 0.417 e. The first-order valence-electron chi connectivity index (χ1n) is 5.61. The van der Waals surface area contributed by atoms with Crippen molar-refractivity contribution in [3.05, 3.63) is 9.81 Å². The lowest BCUT2D eigenvalue weighted by molar-refractivity contribution is -0.124. The quantitative estimate of drug-likeness (QED) is 0.576. The molecule has 5 nitrogen and oxygen atoms in total. The minimum atomic E-state index is -0.776. The van der Waals surface area contributed by atoms with Crippen molar-refractivity contribution in [2.24, 2.45) is 0 Å². The average Bonchev–Trinajstić information content (AvgIpc) is 2.56. The fourth-order valence-electron chi connectivity index (χ4n) is 1.50. The van der Waals surface area contributed by atoms with Gasteiger partial charge in [0.25, 0.3) is 5.91 Å². The van der Waals surface area contributed by atoms with Crippen LogP contribution < -0.4 is 0 Å². The van der Waals surface area contributed by atoms with E-state index in [0.717, 1.165) is 4.90 Å². The van der Waals surface area contributed by atoms with Crippen molar-refractivity contribution in [2.45, 2.75) is 26.4 Å². The van der Waals surface area contributed by atoms with E-state index < -0.39 is 17.6 Å². The molecule has 1 fully saturated rings. The van der Waals surface area contributed by atoms with E-state index >= 15 is 0 Å². The molecule has 0 radical (unpaired) electrons. The molecule has 0 saturated carbocycles. The third-order valence-corrected chi connectivity index (χ3v) is 4.38. The number of rotatable bonds is 2. The summed E-state index contributed by atoms with van der Waals surface area (Å²) in [6.07, 6.45) is 2.80. The first kappa shape index (κ1) is 16.1. The van der Waals surface area contributed by atoms with Gasteiger partial charge in [0.2, 0.25) is 0 Å². The van der Waals surface area contributed by atoms with Crippen LogP contribution in [-0.4, -0.2) is 47.3 Å². The molecule has 0 bridgehead atoms. The SMILES string of the molecule is CSC(SC)=C1C(=O)CN(C(=O)OC(C)(C)C)C1=O. The Morgan fingerprint density at radius 2 is 1.74 bits per heavy atom. The molecule has 106 valence electrons. The van der Waals surface area contributed by atoms with Crippen molar-refractivity contribution in [1.82, 2.24) is 4.90 Å². The molecule has 1 rings (SSSR count). The normalized spacial score (nSPS) is 16.1. The van der Waals surface area contributed by atoms with E-state index in [2.05, 4.69) is 0 Å². The number of amides is 2. The number of imide groups is 1. The summed E-state index contributed by atoms with van der Waals surface area (Å²) in [4.78, 5) is 36.7. The second kappa shape index (κ2) is 6.00. The second-order valence-corrected chi connectivity index (χ2v) is 6.76. The van der Waals surface area contributed by atoms with Gasteiger partial charge >= 0.3 is 6.09 Å². The highest BCUT2D eigenvalue weighted by atomic mass is 32.2. The third-order valence-electron chi connectivity index (χ3n) is 2.23. The van der Waals surface area contributed by atoms with Crippen molar-refractivity contribution in [3.63, 3.8) is 0 Å². The van der Waals surface area contributed by atoms with Gasteiger partial charge in [-0.2, -0.15) is 0 Å². The fraction of sp³-hybridized carbons (Fsp3) is 0.583. The zero-order chi connectivity index (χ0) is 14.8. The van der Waals surface area contributed by atoms with E-state index in [0.29, 0.717) is 4.24 Å². The van der Waals surface area contributed by atoms with E-state index in [4.69, 9.17) is 4.74 Å². The standard InChI is InChI=1S/C12H17NO4S2/c1-12(2,3)17-11(16)13-6-7(14)8(9(13)15)10(18-4)19-5/h6H2,1-5H3. The lowest BCUT2D eigenvalue weighted by atomic mass is 10.2. The fourth-order valence-corrected chi connectivity index (χ4v) is 2.98. The zero-order valence-electron chi connectivity index (χ0n) is 11.6. The molecular weight excluding hydrogens is 286 g/mol. The maximum atomic E-state index is 12.1. The van der Waals surface area contributed by atoms with Gasteiger partial charge in [0.15, 0.2) is 5.78 Å². The van der Waals surface area contributed by atoms with Crippen LogP contribution in [0.15, 0.2) is 9.81 Å². The Hall–Kier alpha value is -0.950. The zero-order valence-corrected chi connectivity index (χ0v) is 13.2. The van der Waals surface area contributed by atoms with Crippen LogP contribution in [0.4, 0.5) is 4.79 Å². The molecule has 0 spiro atoms. The van der Waals surface area contributed by atoms with Crippen molar-refractivity contribution in [2.75, 3.05) is 19.1 Å². The van der Waals surface area contributed by atoms with Crippen molar-refractivity contribution in [1.29, 1.82) is 0 Å². The second-order valence-electron chi connectivity index (χ2n) is 4.87. The first-order chi connectivity index (χ1) is 8.71. The Bertz CT molecular complexity index is 445. The summed E-state index contributed by atoms with van der Waals surface area (Å²) in [5.41, 5.74) is -0.611. The Kier molecular flexibility index (Phi) is 5.09. The predicted molar refractivity (Wildman–Crippen MR) is 77.0 cm³/mol. The molecule has 7 heteroatoms. The molecule has 2 amide bonds. The van der Waals surface area contributed by atoms with Gasteiger partial charge in [0.1, 0.15) is 11.2 Å². The van der Waals surface area contributed by atoms with Crippen LogP contribution in [0.25, 0.3) is 0 Å². The van der Waals surface area contributed by atoms with Crippen molar-refractivity contribution in [3.8, 4) is 0 Å². The third kappa shape index (κ3) is 3.76. The molecule has 0 aromatic heterocycles. The number of carbonyl (C=O) groups is 3. The highest BCUT2D eigenvalue weighted by Crippen LogP contribution is 2.32. The molecular formula is C12H17NO4S2. The van der Waals surface area contributed by atoms with Crippen LogP contribution in [0.5, 0.6) is 0 Å². The summed E-state index contributed by atoms with van der Waals surface area (Å²) in [6, 6.07) is 0. The number of hydrogen-bond donors (Lipinski definition) is 0. The summed E-state index contributed by atoms with van der Waals surface area (Å²) >= 11 is 2.65. The van der Waals surface area contributed by atoms with E-state index in [1.807, 2.05) is 0 Å². The number of Topliss-reactive ketones (excluding diaryl/α,β-unsaturated/α-hetero) is 1. The topological polar surface area (TPSA) is 63.7 Å². The number of thioether (sulfide) groups is 2. The lowest BCUT2D eigenvalue weighted by Gasteiger charge is -2.22. The molecule has 0 aromatic carbocycles. The Labute approximate surface area is 121 Å². The summed E-state index contributed by atoms with van der Waals surface area (Å²) in [5.74, 6) is -0.910. The monoisotopic (exact) mass is 303 g/mol. The highest BCUT2D eigenvalue weighted by molar-refractivity contribution is 8.21. The summed E-state index contributed by atoms with van der Waals surface area (Å²) in [5, 5.41) is 0. The Balaban J connectivity index is 2.99. The summed E-state index contributed by atoms with van der Waals surface area (Å²) in [6.45, 7) is 4.88. The molecule has 0 unspecified atom stereocenters.